The maximum atomic E-state index is 5.43. The second-order valence-electron chi connectivity index (χ2n) is 1.98. The highest BCUT2D eigenvalue weighted by atomic mass is 32.1. The van der Waals surface area contributed by atoms with Crippen molar-refractivity contribution in [3.8, 4) is 0 Å². The van der Waals surface area contributed by atoms with Crippen LogP contribution in [0, 0.1) is 0 Å². The summed E-state index contributed by atoms with van der Waals surface area (Å²) in [6, 6.07) is 0. The molecule has 2 aromatic heterocycles. The van der Waals surface area contributed by atoms with E-state index in [0.29, 0.717) is 21.2 Å². The summed E-state index contributed by atoms with van der Waals surface area (Å²) in [7, 11) is 5.40. The largest absolute Gasteiger partial charge is 0.375 e. The van der Waals surface area contributed by atoms with Gasteiger partial charge in [-0.05, 0) is 0 Å². The van der Waals surface area contributed by atoms with E-state index in [0.717, 1.165) is 0 Å². The van der Waals surface area contributed by atoms with Gasteiger partial charge in [-0.15, -0.1) is 0 Å². The number of nitrogens with two attached hydrogens (primary N) is 1. The number of thiazole rings is 1. The third-order valence-corrected chi connectivity index (χ3v) is 1.93. The molecular formula is C5H3BN4S. The van der Waals surface area contributed by atoms with Crippen LogP contribution in [0.3, 0.4) is 0 Å². The van der Waals surface area contributed by atoms with Crippen molar-refractivity contribution in [2.75, 3.05) is 5.73 Å². The summed E-state index contributed by atoms with van der Waals surface area (Å²) in [4.78, 5) is 12.5. The maximum Gasteiger partial charge on any atom is 0.191 e. The molecule has 0 aromatic carbocycles. The van der Waals surface area contributed by atoms with Crippen LogP contribution in [0.5, 0.6) is 0 Å². The number of anilines is 1. The summed E-state index contributed by atoms with van der Waals surface area (Å²) in [5.41, 5.74) is 6.37. The molecule has 6 heteroatoms. The van der Waals surface area contributed by atoms with Gasteiger partial charge in [0.15, 0.2) is 15.6 Å². The molecule has 2 aromatic rings. The molecule has 0 spiro atoms. The average Bonchev–Trinajstić information content (AvgIpc) is 2.27. The van der Waals surface area contributed by atoms with Gasteiger partial charge in [-0.1, -0.05) is 11.3 Å². The Morgan fingerprint density at radius 2 is 2.27 bits per heavy atom. The number of aromatic nitrogens is 3. The molecule has 0 saturated carbocycles. The summed E-state index contributed by atoms with van der Waals surface area (Å²) in [6.45, 7) is 0. The molecule has 0 unspecified atom stereocenters. The highest BCUT2D eigenvalue weighted by Gasteiger charge is 2.01. The Kier molecular flexibility index (Phi) is 1.29. The van der Waals surface area contributed by atoms with Crippen molar-refractivity contribution in [2.24, 2.45) is 0 Å². The van der Waals surface area contributed by atoms with E-state index < -0.39 is 0 Å². The van der Waals surface area contributed by atoms with Crippen LogP contribution in [0.4, 0.5) is 5.13 Å². The van der Waals surface area contributed by atoms with Gasteiger partial charge in [0, 0.05) is 11.8 Å². The first-order valence-electron chi connectivity index (χ1n) is 2.90. The smallest absolute Gasteiger partial charge is 0.191 e. The van der Waals surface area contributed by atoms with Crippen LogP contribution < -0.4 is 11.3 Å². The third kappa shape index (κ3) is 1.05. The molecule has 2 N–H and O–H groups in total. The Hall–Kier alpha value is -1.17. The van der Waals surface area contributed by atoms with Gasteiger partial charge in [-0.3, -0.25) is 0 Å². The highest BCUT2D eigenvalue weighted by molar-refractivity contribution is 7.21. The van der Waals surface area contributed by atoms with E-state index in [-0.39, 0.29) is 0 Å². The second kappa shape index (κ2) is 2.16. The zero-order valence-electron chi connectivity index (χ0n) is 5.48. The molecule has 11 heavy (non-hydrogen) atoms. The zero-order chi connectivity index (χ0) is 7.84. The minimum atomic E-state index is 0.390. The maximum absolute atomic E-state index is 5.43. The standard InChI is InChI=1S/C5H3BN4S/c6-2-1-8-3-4(9-2)11-5(7)10-3/h1H,(H2,7,8,10). The monoisotopic (exact) mass is 162 g/mol. The molecule has 2 heterocycles. The van der Waals surface area contributed by atoms with E-state index in [4.69, 9.17) is 13.6 Å². The summed E-state index contributed by atoms with van der Waals surface area (Å²) in [6.07, 6.45) is 1.46. The predicted molar refractivity (Wildman–Crippen MR) is 45.0 cm³/mol. The minimum Gasteiger partial charge on any atom is -0.375 e. The lowest BCUT2D eigenvalue weighted by Crippen LogP contribution is -2.07. The number of fused-ring (bicyclic) bond motifs is 1. The molecule has 0 aliphatic rings. The van der Waals surface area contributed by atoms with Crippen LogP contribution >= 0.6 is 11.3 Å². The van der Waals surface area contributed by atoms with Crippen LogP contribution in [-0.4, -0.2) is 22.8 Å². The first-order chi connectivity index (χ1) is 5.25. The molecule has 0 aliphatic heterocycles. The Bertz CT molecular complexity index is 398. The van der Waals surface area contributed by atoms with Gasteiger partial charge in [0.05, 0.1) is 0 Å². The van der Waals surface area contributed by atoms with Gasteiger partial charge < -0.3 is 5.73 Å². The molecule has 0 bridgehead atoms. The fourth-order valence-electron chi connectivity index (χ4n) is 0.750. The van der Waals surface area contributed by atoms with E-state index >= 15 is 0 Å². The lowest BCUT2D eigenvalue weighted by atomic mass is 10.1. The molecule has 0 fully saturated rings. The Morgan fingerprint density at radius 1 is 1.45 bits per heavy atom. The molecule has 0 aliphatic carbocycles. The highest BCUT2D eigenvalue weighted by Crippen LogP contribution is 2.17. The second-order valence-corrected chi connectivity index (χ2v) is 2.98. The number of nitrogens with zero attached hydrogens (tertiary/aromatic N) is 3. The van der Waals surface area contributed by atoms with Crippen LogP contribution in [-0.2, 0) is 0 Å². The van der Waals surface area contributed by atoms with Gasteiger partial charge >= 0.3 is 0 Å². The van der Waals surface area contributed by atoms with E-state index in [1.54, 1.807) is 0 Å². The van der Waals surface area contributed by atoms with Crippen molar-refractivity contribution >= 4 is 40.4 Å². The van der Waals surface area contributed by atoms with Crippen LogP contribution in [0.1, 0.15) is 0 Å². The quantitative estimate of drug-likeness (QED) is 0.528. The van der Waals surface area contributed by atoms with Gasteiger partial charge in [-0.2, -0.15) is 4.98 Å². The Balaban J connectivity index is 2.82. The molecular weight excluding hydrogens is 159 g/mol. The molecule has 0 atom stereocenters. The van der Waals surface area contributed by atoms with Gasteiger partial charge in [-0.25, -0.2) is 9.97 Å². The van der Waals surface area contributed by atoms with E-state index in [1.807, 2.05) is 0 Å². The molecule has 4 nitrogen and oxygen atoms in total. The van der Waals surface area contributed by atoms with Crippen molar-refractivity contribution in [3.05, 3.63) is 6.20 Å². The topological polar surface area (TPSA) is 64.7 Å². The molecule has 0 amide bonds. The van der Waals surface area contributed by atoms with E-state index in [2.05, 4.69) is 15.0 Å². The fraction of sp³-hybridized carbons (Fsp3) is 0. The van der Waals surface area contributed by atoms with Crippen LogP contribution in [0.25, 0.3) is 10.5 Å². The first kappa shape index (κ1) is 6.54. The molecule has 2 rings (SSSR count). The molecule has 2 radical (unpaired) electrons. The Morgan fingerprint density at radius 3 is 3.09 bits per heavy atom. The number of rotatable bonds is 0. The van der Waals surface area contributed by atoms with Gasteiger partial charge in [0.25, 0.3) is 0 Å². The lowest BCUT2D eigenvalue weighted by Gasteiger charge is -1.87. The van der Waals surface area contributed by atoms with Crippen molar-refractivity contribution in [1.29, 1.82) is 0 Å². The third-order valence-electron chi connectivity index (χ3n) is 1.16. The van der Waals surface area contributed by atoms with Crippen molar-refractivity contribution in [2.45, 2.75) is 0 Å². The summed E-state index contributed by atoms with van der Waals surface area (Å²) in [5.74, 6) is 0. The van der Waals surface area contributed by atoms with Crippen molar-refractivity contribution < 1.29 is 0 Å². The summed E-state index contributed by atoms with van der Waals surface area (Å²) < 4.78 is 0. The normalized spacial score (nSPS) is 10.5. The SMILES string of the molecule is [B]c1cnc2nc(N)sc2n1. The fourth-order valence-corrected chi connectivity index (χ4v) is 1.42. The number of hydrogen-bond donors (Lipinski definition) is 1. The van der Waals surface area contributed by atoms with E-state index in [9.17, 15) is 0 Å². The van der Waals surface area contributed by atoms with Crippen molar-refractivity contribution in [3.63, 3.8) is 0 Å². The minimum absolute atomic E-state index is 0.390. The van der Waals surface area contributed by atoms with Gasteiger partial charge in [0.2, 0.25) is 0 Å². The van der Waals surface area contributed by atoms with E-state index in [1.165, 1.54) is 17.5 Å². The van der Waals surface area contributed by atoms with Crippen molar-refractivity contribution in [1.82, 2.24) is 15.0 Å². The number of hydrogen-bond acceptors (Lipinski definition) is 5. The predicted octanol–water partition coefficient (Wildman–Crippen LogP) is -0.538. The van der Waals surface area contributed by atoms with Crippen LogP contribution in [0.15, 0.2) is 6.20 Å². The van der Waals surface area contributed by atoms with Gasteiger partial charge in [0.1, 0.15) is 7.85 Å². The van der Waals surface area contributed by atoms with Crippen LogP contribution in [0.2, 0.25) is 0 Å². The lowest BCUT2D eigenvalue weighted by molar-refractivity contribution is 1.30. The summed E-state index contributed by atoms with van der Waals surface area (Å²) >= 11 is 1.28. The average molecular weight is 162 g/mol. The molecule has 0 saturated heterocycles. The molecule has 52 valence electrons. The number of nitrogen functional groups attached to an aromatic ring is 1. The summed E-state index contributed by atoms with van der Waals surface area (Å²) in [5, 5.41) is 0.464. The Labute approximate surface area is 67.9 Å². The zero-order valence-corrected chi connectivity index (χ0v) is 6.30. The first-order valence-corrected chi connectivity index (χ1v) is 3.72.